The number of hydrogen-bond acceptors (Lipinski definition) is 7. The van der Waals surface area contributed by atoms with Crippen LogP contribution in [0.4, 0.5) is 0 Å². The first-order valence-electron chi connectivity index (χ1n) is 12.7. The zero-order valence-corrected chi connectivity index (χ0v) is 23.1. The summed E-state index contributed by atoms with van der Waals surface area (Å²) >= 11 is 0. The van der Waals surface area contributed by atoms with E-state index in [0.29, 0.717) is 56.0 Å². The first-order valence-corrected chi connectivity index (χ1v) is 14.4. The fraction of sp³-hybridized carbons (Fsp3) is 0.769. The summed E-state index contributed by atoms with van der Waals surface area (Å²) in [5.41, 5.74) is 1.45. The maximum absolute atomic E-state index is 13.3. The van der Waals surface area contributed by atoms with Gasteiger partial charge in [0, 0.05) is 11.0 Å². The lowest BCUT2D eigenvalue weighted by molar-refractivity contribution is -0.226. The van der Waals surface area contributed by atoms with Crippen molar-refractivity contribution in [2.75, 3.05) is 40.1 Å². The third-order valence-electron chi connectivity index (χ3n) is 5.95. The molecule has 0 radical (unpaired) electrons. The quantitative estimate of drug-likeness (QED) is 0.237. The van der Waals surface area contributed by atoms with Crippen molar-refractivity contribution >= 4 is 7.60 Å². The summed E-state index contributed by atoms with van der Waals surface area (Å²) in [6.07, 6.45) is 4.07. The second-order valence-corrected chi connectivity index (χ2v) is 11.7. The highest BCUT2D eigenvalue weighted by Crippen LogP contribution is 2.53. The molecule has 1 saturated heterocycles. The van der Waals surface area contributed by atoms with Crippen LogP contribution in [0.15, 0.2) is 12.1 Å². The average Bonchev–Trinajstić information content (AvgIpc) is 2.79. The van der Waals surface area contributed by atoms with Gasteiger partial charge in [-0.05, 0) is 38.3 Å². The summed E-state index contributed by atoms with van der Waals surface area (Å²) in [6.45, 7) is 14.6. The number of hydrogen-bond donors (Lipinski definition) is 0. The zero-order valence-electron chi connectivity index (χ0n) is 22.2. The summed E-state index contributed by atoms with van der Waals surface area (Å²) in [6, 6.07) is 3.76. The molecule has 0 N–H and O–H groups in total. The molecular formula is C26H45O7P. The molecule has 7 nitrogen and oxygen atoms in total. The second kappa shape index (κ2) is 13.8. The third kappa shape index (κ3) is 8.53. The minimum atomic E-state index is -3.32. The molecule has 1 aromatic carbocycles. The van der Waals surface area contributed by atoms with Gasteiger partial charge in [-0.25, -0.2) is 0 Å². The van der Waals surface area contributed by atoms with Crippen LogP contribution in [0.3, 0.4) is 0 Å². The Morgan fingerprint density at radius 3 is 2.24 bits per heavy atom. The molecule has 0 aliphatic carbocycles. The molecule has 2 rings (SSSR count). The van der Waals surface area contributed by atoms with E-state index in [-0.39, 0.29) is 11.6 Å². The van der Waals surface area contributed by atoms with E-state index in [2.05, 4.69) is 27.7 Å². The molecule has 0 bridgehead atoms. The molecule has 1 unspecified atom stereocenters. The van der Waals surface area contributed by atoms with Crippen LogP contribution in [0, 0.1) is 11.3 Å². The largest absolute Gasteiger partial charge is 0.496 e. The van der Waals surface area contributed by atoms with E-state index in [0.717, 1.165) is 24.8 Å². The smallest absolute Gasteiger partial charge is 0.335 e. The highest BCUT2D eigenvalue weighted by atomic mass is 31.2. The fourth-order valence-electron chi connectivity index (χ4n) is 3.95. The maximum Gasteiger partial charge on any atom is 0.335 e. The molecule has 1 aromatic rings. The fourth-order valence-corrected chi connectivity index (χ4v) is 5.66. The zero-order chi connectivity index (χ0) is 25.2. The van der Waals surface area contributed by atoms with Crippen LogP contribution in [0.1, 0.15) is 84.6 Å². The van der Waals surface area contributed by atoms with E-state index in [9.17, 15) is 4.57 Å². The van der Waals surface area contributed by atoms with Gasteiger partial charge in [-0.15, -0.1) is 0 Å². The van der Waals surface area contributed by atoms with Gasteiger partial charge in [0.05, 0.1) is 51.9 Å². The Kier molecular flexibility index (Phi) is 11.9. The summed E-state index contributed by atoms with van der Waals surface area (Å²) in [5.74, 6) is 1.70. The average molecular weight is 501 g/mol. The summed E-state index contributed by atoms with van der Waals surface area (Å²) in [5, 5.41) is 0. The lowest BCUT2D eigenvalue weighted by Gasteiger charge is -2.35. The molecule has 34 heavy (non-hydrogen) atoms. The van der Waals surface area contributed by atoms with Crippen molar-refractivity contribution in [1.82, 2.24) is 0 Å². The van der Waals surface area contributed by atoms with Crippen molar-refractivity contribution in [3.05, 3.63) is 23.3 Å². The monoisotopic (exact) mass is 500 g/mol. The number of ether oxygens (including phenoxy) is 4. The van der Waals surface area contributed by atoms with E-state index in [1.807, 2.05) is 12.1 Å². The summed E-state index contributed by atoms with van der Waals surface area (Å²) in [7, 11) is -1.73. The van der Waals surface area contributed by atoms with Crippen molar-refractivity contribution in [2.24, 2.45) is 11.3 Å². The molecule has 0 saturated carbocycles. The van der Waals surface area contributed by atoms with E-state index < -0.39 is 13.9 Å². The number of rotatable bonds is 15. The standard InChI is InChI=1S/C26H45O7P/c1-8-12-13-20(9-2)16-29-24-14-21(17-34(27,32-10-3)33-11-4)23(28-7)15-22(24)25-30-18-26(5,6)19-31-25/h14-15,20,25H,8-13,16-19H2,1-7H3. The van der Waals surface area contributed by atoms with Gasteiger partial charge in [-0.2, -0.15) is 0 Å². The minimum Gasteiger partial charge on any atom is -0.496 e. The predicted molar refractivity (Wildman–Crippen MR) is 135 cm³/mol. The Labute approximate surface area is 206 Å². The van der Waals surface area contributed by atoms with E-state index >= 15 is 0 Å². The Morgan fingerprint density at radius 1 is 1.06 bits per heavy atom. The second-order valence-electron chi connectivity index (χ2n) is 9.65. The van der Waals surface area contributed by atoms with Crippen LogP contribution in [0.2, 0.25) is 0 Å². The first kappa shape index (κ1) is 29.1. The molecule has 1 aliphatic rings. The Balaban J connectivity index is 2.40. The Bertz CT molecular complexity index is 776. The maximum atomic E-state index is 13.3. The van der Waals surface area contributed by atoms with Crippen LogP contribution in [0.5, 0.6) is 11.5 Å². The van der Waals surface area contributed by atoms with E-state index in [1.165, 1.54) is 6.42 Å². The highest BCUT2D eigenvalue weighted by Gasteiger charge is 2.33. The molecule has 0 aromatic heterocycles. The van der Waals surface area contributed by atoms with Gasteiger partial charge in [0.1, 0.15) is 11.5 Å². The highest BCUT2D eigenvalue weighted by molar-refractivity contribution is 7.53. The lowest BCUT2D eigenvalue weighted by Crippen LogP contribution is -2.34. The Morgan fingerprint density at radius 2 is 1.71 bits per heavy atom. The molecule has 196 valence electrons. The van der Waals surface area contributed by atoms with Gasteiger partial charge in [0.2, 0.25) is 0 Å². The Hall–Kier alpha value is -1.11. The van der Waals surface area contributed by atoms with Crippen molar-refractivity contribution in [2.45, 2.75) is 79.7 Å². The van der Waals surface area contributed by atoms with E-state index in [1.54, 1.807) is 21.0 Å². The van der Waals surface area contributed by atoms with Crippen LogP contribution in [-0.2, 0) is 29.2 Å². The van der Waals surface area contributed by atoms with Gasteiger partial charge >= 0.3 is 7.60 Å². The van der Waals surface area contributed by atoms with Gasteiger partial charge in [-0.1, -0.05) is 47.0 Å². The SMILES string of the molecule is CCCCC(CC)COc1cc(CP(=O)(OCC)OCC)c(OC)cc1C1OCC(C)(C)CO1. The molecule has 1 fully saturated rings. The summed E-state index contributed by atoms with van der Waals surface area (Å²) in [4.78, 5) is 0. The molecule has 0 amide bonds. The van der Waals surface area contributed by atoms with Gasteiger partial charge < -0.3 is 28.0 Å². The normalized spacial score (nSPS) is 17.5. The van der Waals surface area contributed by atoms with Crippen molar-refractivity contribution in [1.29, 1.82) is 0 Å². The lowest BCUT2D eigenvalue weighted by atomic mass is 9.95. The van der Waals surface area contributed by atoms with Crippen LogP contribution in [-0.4, -0.2) is 40.1 Å². The number of benzene rings is 1. The number of unbranched alkanes of at least 4 members (excludes halogenated alkanes) is 1. The van der Waals surface area contributed by atoms with Crippen molar-refractivity contribution in [3.8, 4) is 11.5 Å². The predicted octanol–water partition coefficient (Wildman–Crippen LogP) is 7.13. The number of methoxy groups -OCH3 is 1. The van der Waals surface area contributed by atoms with Gasteiger partial charge in [0.25, 0.3) is 0 Å². The molecule has 1 atom stereocenters. The molecule has 1 aliphatic heterocycles. The van der Waals surface area contributed by atoms with Gasteiger partial charge in [-0.3, -0.25) is 4.57 Å². The van der Waals surface area contributed by atoms with Crippen LogP contribution >= 0.6 is 7.60 Å². The van der Waals surface area contributed by atoms with Gasteiger partial charge in [0.15, 0.2) is 6.29 Å². The first-order chi connectivity index (χ1) is 16.2. The van der Waals surface area contributed by atoms with Crippen molar-refractivity contribution in [3.63, 3.8) is 0 Å². The molecule has 0 spiro atoms. The van der Waals surface area contributed by atoms with Crippen molar-refractivity contribution < 1.29 is 32.6 Å². The molecule has 1 heterocycles. The summed E-state index contributed by atoms with van der Waals surface area (Å²) < 4.78 is 48.5. The van der Waals surface area contributed by atoms with Crippen LogP contribution in [0.25, 0.3) is 0 Å². The topological polar surface area (TPSA) is 72.5 Å². The molecule has 8 heteroatoms. The minimum absolute atomic E-state index is 0.0450. The van der Waals surface area contributed by atoms with Crippen LogP contribution < -0.4 is 9.47 Å². The van der Waals surface area contributed by atoms with E-state index in [4.69, 9.17) is 28.0 Å². The molecular weight excluding hydrogens is 455 g/mol. The third-order valence-corrected chi connectivity index (χ3v) is 7.98.